The summed E-state index contributed by atoms with van der Waals surface area (Å²) in [5.41, 5.74) is 4.12. The molecule has 0 aliphatic carbocycles. The van der Waals surface area contributed by atoms with Crippen molar-refractivity contribution in [3.8, 4) is 11.1 Å². The third kappa shape index (κ3) is 4.71. The smallest absolute Gasteiger partial charge is 0.0970 e. The minimum Gasteiger partial charge on any atom is -0.261 e. The molecule has 0 amide bonds. The summed E-state index contributed by atoms with van der Waals surface area (Å²) in [6.45, 7) is 8.50. The Morgan fingerprint density at radius 3 is 2.18 bits per heavy atom. The van der Waals surface area contributed by atoms with Crippen LogP contribution in [0.1, 0.15) is 32.2 Å². The first-order chi connectivity index (χ1) is 10.4. The summed E-state index contributed by atoms with van der Waals surface area (Å²) in [5.74, 6) is 0. The summed E-state index contributed by atoms with van der Waals surface area (Å²) in [6.07, 6.45) is 4.48. The van der Waals surface area contributed by atoms with E-state index in [1.807, 2.05) is 58.3 Å². The van der Waals surface area contributed by atoms with Crippen LogP contribution in [0.3, 0.4) is 0 Å². The van der Waals surface area contributed by atoms with Gasteiger partial charge in [0.2, 0.25) is 0 Å². The fourth-order valence-electron chi connectivity index (χ4n) is 1.87. The standard InChI is InChI=1S/C17H23N3OS/c1-13-5-6-14(11-18-13)15-7-8-16(19-12-15)9-10-20-22(21)17(2,3)4/h5-8,11-12,20H,9-10H2,1-4H3/t22-/m1/s1. The molecule has 0 saturated heterocycles. The molecule has 0 aliphatic rings. The minimum atomic E-state index is -1.03. The summed E-state index contributed by atoms with van der Waals surface area (Å²) >= 11 is 0. The second-order valence-corrected chi connectivity index (χ2v) is 8.30. The summed E-state index contributed by atoms with van der Waals surface area (Å²) in [7, 11) is -1.03. The van der Waals surface area contributed by atoms with Gasteiger partial charge in [0.1, 0.15) is 0 Å². The van der Waals surface area contributed by atoms with E-state index in [0.29, 0.717) is 6.54 Å². The Morgan fingerprint density at radius 1 is 1.05 bits per heavy atom. The number of nitrogens with zero attached hydrogens (tertiary/aromatic N) is 2. The van der Waals surface area contributed by atoms with E-state index < -0.39 is 11.0 Å². The highest BCUT2D eigenvalue weighted by Gasteiger charge is 2.18. The second kappa shape index (κ2) is 7.11. The van der Waals surface area contributed by atoms with Crippen molar-refractivity contribution >= 4 is 11.0 Å². The van der Waals surface area contributed by atoms with E-state index in [1.165, 1.54) is 0 Å². The molecule has 22 heavy (non-hydrogen) atoms. The topological polar surface area (TPSA) is 54.9 Å². The lowest BCUT2D eigenvalue weighted by atomic mass is 10.1. The molecule has 2 aromatic heterocycles. The van der Waals surface area contributed by atoms with E-state index in [9.17, 15) is 4.21 Å². The molecule has 1 atom stereocenters. The number of hydrogen-bond acceptors (Lipinski definition) is 3. The van der Waals surface area contributed by atoms with Gasteiger partial charge < -0.3 is 0 Å². The summed E-state index contributed by atoms with van der Waals surface area (Å²) in [5, 5.41) is 0. The zero-order valence-electron chi connectivity index (χ0n) is 13.6. The third-order valence-corrected chi connectivity index (χ3v) is 4.82. The monoisotopic (exact) mass is 317 g/mol. The van der Waals surface area contributed by atoms with Gasteiger partial charge in [-0.3, -0.25) is 9.97 Å². The van der Waals surface area contributed by atoms with E-state index in [0.717, 1.165) is 28.9 Å². The van der Waals surface area contributed by atoms with Crippen LogP contribution >= 0.6 is 0 Å². The zero-order chi connectivity index (χ0) is 16.2. The Balaban J connectivity index is 1.92. The molecule has 1 N–H and O–H groups in total. The maximum absolute atomic E-state index is 11.9. The molecule has 5 heteroatoms. The first-order valence-electron chi connectivity index (χ1n) is 7.39. The zero-order valence-corrected chi connectivity index (χ0v) is 14.4. The average Bonchev–Trinajstić information content (AvgIpc) is 2.48. The van der Waals surface area contributed by atoms with Gasteiger partial charge in [0.15, 0.2) is 0 Å². The second-order valence-electron chi connectivity index (χ2n) is 6.25. The Morgan fingerprint density at radius 2 is 1.68 bits per heavy atom. The third-order valence-electron chi connectivity index (χ3n) is 3.24. The van der Waals surface area contributed by atoms with Crippen LogP contribution in [0.4, 0.5) is 0 Å². The Labute approximate surface area is 135 Å². The van der Waals surface area contributed by atoms with E-state index in [1.54, 1.807) is 0 Å². The molecule has 0 aromatic carbocycles. The number of pyridine rings is 2. The van der Waals surface area contributed by atoms with Crippen molar-refractivity contribution in [1.29, 1.82) is 0 Å². The van der Waals surface area contributed by atoms with Gasteiger partial charge in [-0.1, -0.05) is 12.1 Å². The lowest BCUT2D eigenvalue weighted by Gasteiger charge is -2.17. The van der Waals surface area contributed by atoms with Crippen LogP contribution in [-0.2, 0) is 17.4 Å². The molecular formula is C17H23N3OS. The molecule has 0 aliphatic heterocycles. The van der Waals surface area contributed by atoms with Crippen LogP contribution in [0.2, 0.25) is 0 Å². The van der Waals surface area contributed by atoms with E-state index >= 15 is 0 Å². The Kier molecular flexibility index (Phi) is 5.42. The molecule has 0 fully saturated rings. The van der Waals surface area contributed by atoms with Gasteiger partial charge in [0, 0.05) is 47.9 Å². The first kappa shape index (κ1) is 16.8. The van der Waals surface area contributed by atoms with E-state index in [-0.39, 0.29) is 4.75 Å². The van der Waals surface area contributed by atoms with Gasteiger partial charge in [-0.2, -0.15) is 0 Å². The molecule has 0 spiro atoms. The van der Waals surface area contributed by atoms with Gasteiger partial charge in [0.05, 0.1) is 15.7 Å². The van der Waals surface area contributed by atoms with Crippen molar-refractivity contribution in [2.75, 3.05) is 6.54 Å². The van der Waals surface area contributed by atoms with Crippen molar-refractivity contribution < 1.29 is 4.21 Å². The van der Waals surface area contributed by atoms with E-state index in [4.69, 9.17) is 0 Å². The summed E-state index contributed by atoms with van der Waals surface area (Å²) < 4.78 is 14.7. The van der Waals surface area contributed by atoms with Crippen LogP contribution < -0.4 is 4.72 Å². The maximum Gasteiger partial charge on any atom is 0.0970 e. The maximum atomic E-state index is 11.9. The van der Waals surface area contributed by atoms with E-state index in [2.05, 4.69) is 20.8 Å². The van der Waals surface area contributed by atoms with Crippen molar-refractivity contribution in [2.24, 2.45) is 0 Å². The number of aryl methyl sites for hydroxylation is 1. The lowest BCUT2D eigenvalue weighted by molar-refractivity contribution is 0.634. The van der Waals surface area contributed by atoms with Crippen LogP contribution in [-0.4, -0.2) is 25.5 Å². The van der Waals surface area contributed by atoms with Gasteiger partial charge in [0.25, 0.3) is 0 Å². The van der Waals surface area contributed by atoms with Crippen LogP contribution in [0.5, 0.6) is 0 Å². The highest BCUT2D eigenvalue weighted by molar-refractivity contribution is 7.84. The molecule has 0 unspecified atom stereocenters. The number of rotatable bonds is 5. The van der Waals surface area contributed by atoms with Crippen LogP contribution in [0, 0.1) is 6.92 Å². The summed E-state index contributed by atoms with van der Waals surface area (Å²) in [4.78, 5) is 8.77. The Hall–Kier alpha value is -1.59. The molecule has 2 aromatic rings. The highest BCUT2D eigenvalue weighted by Crippen LogP contribution is 2.17. The molecule has 0 radical (unpaired) electrons. The number of aromatic nitrogens is 2. The van der Waals surface area contributed by atoms with Gasteiger partial charge in [-0.15, -0.1) is 0 Å². The van der Waals surface area contributed by atoms with Crippen LogP contribution in [0.25, 0.3) is 11.1 Å². The van der Waals surface area contributed by atoms with Crippen molar-refractivity contribution in [3.63, 3.8) is 0 Å². The highest BCUT2D eigenvalue weighted by atomic mass is 32.2. The van der Waals surface area contributed by atoms with Crippen molar-refractivity contribution in [3.05, 3.63) is 48.0 Å². The molecule has 118 valence electrons. The number of hydrogen-bond donors (Lipinski definition) is 1. The first-order valence-corrected chi connectivity index (χ1v) is 8.54. The van der Waals surface area contributed by atoms with Crippen molar-refractivity contribution in [2.45, 2.75) is 38.9 Å². The van der Waals surface area contributed by atoms with Gasteiger partial charge in [-0.05, 0) is 39.8 Å². The normalized spacial score (nSPS) is 13.1. The lowest BCUT2D eigenvalue weighted by Crippen LogP contribution is -2.34. The SMILES string of the molecule is Cc1ccc(-c2ccc(CCN[S@](=O)C(C)(C)C)nc2)cn1. The molecule has 2 rings (SSSR count). The predicted octanol–water partition coefficient (Wildman–Crippen LogP) is 3.05. The van der Waals surface area contributed by atoms with Gasteiger partial charge >= 0.3 is 0 Å². The molecule has 0 bridgehead atoms. The average molecular weight is 317 g/mol. The largest absolute Gasteiger partial charge is 0.261 e. The molecule has 0 saturated carbocycles. The molecule has 4 nitrogen and oxygen atoms in total. The van der Waals surface area contributed by atoms with Gasteiger partial charge in [-0.25, -0.2) is 8.93 Å². The quantitative estimate of drug-likeness (QED) is 0.922. The Bertz CT molecular complexity index is 630. The fourth-order valence-corrected chi connectivity index (χ4v) is 2.59. The molecular weight excluding hydrogens is 294 g/mol. The summed E-state index contributed by atoms with van der Waals surface area (Å²) in [6, 6.07) is 8.11. The molecule has 2 heterocycles. The van der Waals surface area contributed by atoms with Crippen LogP contribution in [0.15, 0.2) is 36.7 Å². The van der Waals surface area contributed by atoms with Crippen molar-refractivity contribution in [1.82, 2.24) is 14.7 Å². The predicted molar refractivity (Wildman–Crippen MR) is 91.8 cm³/mol. The number of nitrogens with one attached hydrogen (secondary N) is 1. The fraction of sp³-hybridized carbons (Fsp3) is 0.412. The minimum absolute atomic E-state index is 0.240.